The number of hydrogen-bond donors (Lipinski definition) is 3. The van der Waals surface area contributed by atoms with Crippen LogP contribution in [0.15, 0.2) is 78.9 Å². The number of aromatic nitrogens is 2. The van der Waals surface area contributed by atoms with E-state index in [1.54, 1.807) is 7.11 Å². The average molecular weight is 389 g/mol. The van der Waals surface area contributed by atoms with Gasteiger partial charge in [0.15, 0.2) is 11.6 Å². The topological polar surface area (TPSA) is 62.3 Å². The van der Waals surface area contributed by atoms with E-state index in [9.17, 15) is 0 Å². The molecule has 7 heteroatoms. The molecule has 28 heavy (non-hydrogen) atoms. The predicted octanol–water partition coefficient (Wildman–Crippen LogP) is 5.33. The van der Waals surface area contributed by atoms with Crippen molar-refractivity contribution >= 4 is 52.5 Å². The molecule has 6 nitrogen and oxygen atoms in total. The standard InChI is InChI=1S/C21H19N5OS/c1-27-24-15-11-13-17(14-12-15)26(16-7-3-2-4-8-16)21-20(25-28)22-18-9-5-6-10-19(18)23-21/h2-14,24,28H,1H3,(H,22,25). The van der Waals surface area contributed by atoms with Crippen LogP contribution in [0.2, 0.25) is 0 Å². The summed E-state index contributed by atoms with van der Waals surface area (Å²) in [5.41, 5.74) is 7.19. The molecule has 0 aliphatic heterocycles. The zero-order chi connectivity index (χ0) is 19.3. The number of nitrogens with zero attached hydrogens (tertiary/aromatic N) is 3. The highest BCUT2D eigenvalue weighted by molar-refractivity contribution is 7.81. The minimum atomic E-state index is 0.574. The molecule has 0 radical (unpaired) electrons. The Morgan fingerprint density at radius 1 is 0.786 bits per heavy atom. The van der Waals surface area contributed by atoms with E-state index in [2.05, 4.69) is 28.0 Å². The fraction of sp³-hybridized carbons (Fsp3) is 0.0476. The van der Waals surface area contributed by atoms with Crippen molar-refractivity contribution in [3.8, 4) is 0 Å². The van der Waals surface area contributed by atoms with Gasteiger partial charge < -0.3 is 4.72 Å². The van der Waals surface area contributed by atoms with E-state index in [1.165, 1.54) is 0 Å². The number of anilines is 5. The van der Waals surface area contributed by atoms with E-state index >= 15 is 0 Å². The molecular formula is C21H19N5OS. The number of benzene rings is 3. The van der Waals surface area contributed by atoms with Gasteiger partial charge in [0.2, 0.25) is 0 Å². The second kappa shape index (κ2) is 8.16. The molecular weight excluding hydrogens is 370 g/mol. The molecule has 4 aromatic rings. The SMILES string of the molecule is CONc1ccc(N(c2ccccc2)c2nc3ccccc3nc2NS)cc1. The monoisotopic (exact) mass is 389 g/mol. The van der Waals surface area contributed by atoms with Crippen molar-refractivity contribution in [2.75, 3.05) is 22.2 Å². The maximum absolute atomic E-state index is 4.98. The third-order valence-corrected chi connectivity index (χ3v) is 4.44. The van der Waals surface area contributed by atoms with Gasteiger partial charge in [-0.3, -0.25) is 15.2 Å². The number of para-hydroxylation sites is 3. The molecule has 4 rings (SSSR count). The molecule has 0 spiro atoms. The Kier molecular flexibility index (Phi) is 5.27. The summed E-state index contributed by atoms with van der Waals surface area (Å²) in [7, 11) is 1.58. The van der Waals surface area contributed by atoms with Crippen LogP contribution < -0.4 is 15.1 Å². The van der Waals surface area contributed by atoms with Gasteiger partial charge >= 0.3 is 0 Å². The first kappa shape index (κ1) is 18.1. The number of rotatable bonds is 6. The van der Waals surface area contributed by atoms with Crippen molar-refractivity contribution in [3.05, 3.63) is 78.9 Å². The molecule has 0 amide bonds. The molecule has 2 N–H and O–H groups in total. The van der Waals surface area contributed by atoms with Crippen molar-refractivity contribution < 1.29 is 4.84 Å². The molecule has 0 aliphatic carbocycles. The Labute approximate surface area is 168 Å². The Balaban J connectivity index is 1.90. The summed E-state index contributed by atoms with van der Waals surface area (Å²) < 4.78 is 2.89. The lowest BCUT2D eigenvalue weighted by atomic mass is 10.2. The maximum Gasteiger partial charge on any atom is 0.182 e. The van der Waals surface area contributed by atoms with Gasteiger partial charge in [-0.25, -0.2) is 9.97 Å². The summed E-state index contributed by atoms with van der Waals surface area (Å²) in [6, 6.07) is 25.7. The van der Waals surface area contributed by atoms with E-state index in [0.717, 1.165) is 28.1 Å². The summed E-state index contributed by atoms with van der Waals surface area (Å²) in [6.07, 6.45) is 0. The zero-order valence-electron chi connectivity index (χ0n) is 15.2. The molecule has 0 aliphatic rings. The van der Waals surface area contributed by atoms with Crippen molar-refractivity contribution in [1.29, 1.82) is 0 Å². The van der Waals surface area contributed by atoms with Gasteiger partial charge in [0.05, 0.1) is 23.8 Å². The Hall–Kier alpha value is -3.29. The van der Waals surface area contributed by atoms with E-state index in [4.69, 9.17) is 9.82 Å². The van der Waals surface area contributed by atoms with Gasteiger partial charge in [0, 0.05) is 11.4 Å². The van der Waals surface area contributed by atoms with Gasteiger partial charge in [-0.2, -0.15) is 0 Å². The highest BCUT2D eigenvalue weighted by Gasteiger charge is 2.19. The predicted molar refractivity (Wildman–Crippen MR) is 117 cm³/mol. The zero-order valence-corrected chi connectivity index (χ0v) is 16.1. The number of nitrogens with one attached hydrogen (secondary N) is 2. The smallest absolute Gasteiger partial charge is 0.182 e. The molecule has 140 valence electrons. The van der Waals surface area contributed by atoms with Gasteiger partial charge in [-0.15, -0.1) is 0 Å². The van der Waals surface area contributed by atoms with Crippen molar-refractivity contribution in [3.63, 3.8) is 0 Å². The second-order valence-electron chi connectivity index (χ2n) is 6.02. The van der Waals surface area contributed by atoms with Crippen molar-refractivity contribution in [2.24, 2.45) is 0 Å². The molecule has 0 atom stereocenters. The minimum absolute atomic E-state index is 0.574. The molecule has 1 aromatic heterocycles. The van der Waals surface area contributed by atoms with Gasteiger partial charge in [-0.1, -0.05) is 43.1 Å². The van der Waals surface area contributed by atoms with Gasteiger partial charge in [0.1, 0.15) is 0 Å². The Morgan fingerprint density at radius 2 is 1.39 bits per heavy atom. The highest BCUT2D eigenvalue weighted by Crippen LogP contribution is 2.38. The third kappa shape index (κ3) is 3.58. The maximum atomic E-state index is 4.98. The largest absolute Gasteiger partial charge is 0.314 e. The molecule has 0 bridgehead atoms. The van der Waals surface area contributed by atoms with E-state index in [0.29, 0.717) is 11.6 Å². The Morgan fingerprint density at radius 3 is 2.04 bits per heavy atom. The van der Waals surface area contributed by atoms with E-state index in [1.807, 2.05) is 83.8 Å². The van der Waals surface area contributed by atoms with Gasteiger partial charge in [0.25, 0.3) is 0 Å². The van der Waals surface area contributed by atoms with Crippen LogP contribution in [0, 0.1) is 0 Å². The minimum Gasteiger partial charge on any atom is -0.314 e. The first-order chi connectivity index (χ1) is 13.8. The molecule has 3 aromatic carbocycles. The van der Waals surface area contributed by atoms with Crippen LogP contribution in [0.1, 0.15) is 0 Å². The van der Waals surface area contributed by atoms with Crippen LogP contribution >= 0.6 is 12.8 Å². The molecule has 1 heterocycles. The number of hydrogen-bond acceptors (Lipinski definition) is 7. The normalized spacial score (nSPS) is 10.6. The summed E-state index contributed by atoms with van der Waals surface area (Å²) in [5.74, 6) is 1.23. The fourth-order valence-corrected chi connectivity index (χ4v) is 3.14. The lowest BCUT2D eigenvalue weighted by Crippen LogP contribution is -2.14. The molecule has 0 fully saturated rings. The first-order valence-corrected chi connectivity index (χ1v) is 9.16. The summed E-state index contributed by atoms with van der Waals surface area (Å²) in [5, 5.41) is 0. The molecule has 0 saturated heterocycles. The molecule has 0 saturated carbocycles. The number of fused-ring (bicyclic) bond motifs is 1. The van der Waals surface area contributed by atoms with Crippen LogP contribution in [-0.4, -0.2) is 17.1 Å². The molecule has 0 unspecified atom stereocenters. The van der Waals surface area contributed by atoms with Crippen LogP contribution in [0.5, 0.6) is 0 Å². The fourth-order valence-electron chi connectivity index (χ4n) is 2.99. The third-order valence-electron chi connectivity index (χ3n) is 4.23. The lowest BCUT2D eigenvalue weighted by molar-refractivity contribution is 0.271. The van der Waals surface area contributed by atoms with E-state index in [-0.39, 0.29) is 0 Å². The van der Waals surface area contributed by atoms with Crippen LogP contribution in [0.25, 0.3) is 11.0 Å². The summed E-state index contributed by atoms with van der Waals surface area (Å²) in [6.45, 7) is 0. The second-order valence-corrected chi connectivity index (χ2v) is 6.24. The Bertz CT molecular complexity index is 1070. The van der Waals surface area contributed by atoms with Crippen LogP contribution in [0.4, 0.5) is 28.7 Å². The summed E-state index contributed by atoms with van der Waals surface area (Å²) >= 11 is 4.26. The quantitative estimate of drug-likeness (QED) is 0.306. The van der Waals surface area contributed by atoms with E-state index < -0.39 is 0 Å². The van der Waals surface area contributed by atoms with Gasteiger partial charge in [-0.05, 0) is 48.5 Å². The number of thiol groups is 1. The van der Waals surface area contributed by atoms with Crippen LogP contribution in [0.3, 0.4) is 0 Å². The lowest BCUT2D eigenvalue weighted by Gasteiger charge is -2.26. The highest BCUT2D eigenvalue weighted by atomic mass is 32.1. The van der Waals surface area contributed by atoms with Crippen molar-refractivity contribution in [2.45, 2.75) is 0 Å². The summed E-state index contributed by atoms with van der Waals surface area (Å²) in [4.78, 5) is 16.6. The van der Waals surface area contributed by atoms with Crippen LogP contribution in [-0.2, 0) is 4.84 Å². The van der Waals surface area contributed by atoms with Crippen molar-refractivity contribution in [1.82, 2.24) is 9.97 Å². The first-order valence-electron chi connectivity index (χ1n) is 8.71. The average Bonchev–Trinajstić information content (AvgIpc) is 2.75.